The number of carbonyl (C=O) groups excluding carboxylic acids is 3. The van der Waals surface area contributed by atoms with Gasteiger partial charge in [0.2, 0.25) is 5.91 Å². The van der Waals surface area contributed by atoms with E-state index in [0.29, 0.717) is 32.1 Å². The van der Waals surface area contributed by atoms with Crippen molar-refractivity contribution in [3.8, 4) is 0 Å². The molecule has 0 unspecified atom stereocenters. The van der Waals surface area contributed by atoms with E-state index in [1.165, 1.54) is 5.01 Å². The Morgan fingerprint density at radius 1 is 1.05 bits per heavy atom. The molecule has 1 aromatic carbocycles. The number of nitrogens with zero attached hydrogens (tertiary/aromatic N) is 1. The summed E-state index contributed by atoms with van der Waals surface area (Å²) in [6.45, 7) is 11.3. The van der Waals surface area contributed by atoms with E-state index in [1.807, 2.05) is 56.3 Å². The maximum Gasteiger partial charge on any atom is 0.310 e. The van der Waals surface area contributed by atoms with Gasteiger partial charge in [0, 0.05) is 13.2 Å². The summed E-state index contributed by atoms with van der Waals surface area (Å²) < 4.78 is 5.72. The van der Waals surface area contributed by atoms with Gasteiger partial charge in [0.05, 0.1) is 17.9 Å². The lowest BCUT2D eigenvalue weighted by atomic mass is 9.82. The second kappa shape index (κ2) is 16.2. The van der Waals surface area contributed by atoms with Crippen molar-refractivity contribution in [2.75, 3.05) is 13.2 Å². The molecule has 2 amide bonds. The van der Waals surface area contributed by atoms with Gasteiger partial charge in [-0.15, -0.1) is 0 Å². The highest BCUT2D eigenvalue weighted by Crippen LogP contribution is 2.28. The number of hydrazine groups is 1. The van der Waals surface area contributed by atoms with Crippen LogP contribution in [0.15, 0.2) is 36.4 Å². The van der Waals surface area contributed by atoms with Crippen molar-refractivity contribution in [2.45, 2.75) is 85.3 Å². The Bertz CT molecular complexity index is 862. The molecule has 1 aromatic rings. The molecule has 37 heavy (non-hydrogen) atoms. The molecule has 0 saturated heterocycles. The molecule has 208 valence electrons. The zero-order chi connectivity index (χ0) is 28.0. The third-order valence-corrected chi connectivity index (χ3v) is 5.70. The van der Waals surface area contributed by atoms with Crippen molar-refractivity contribution in [2.24, 2.45) is 23.5 Å². The molecule has 0 aromatic heterocycles. The van der Waals surface area contributed by atoms with Crippen molar-refractivity contribution in [3.63, 3.8) is 0 Å². The van der Waals surface area contributed by atoms with Crippen LogP contribution in [0.25, 0.3) is 6.08 Å². The summed E-state index contributed by atoms with van der Waals surface area (Å²) in [5.74, 6) is -2.58. The molecule has 0 spiro atoms. The van der Waals surface area contributed by atoms with Gasteiger partial charge in [0.25, 0.3) is 5.91 Å². The van der Waals surface area contributed by atoms with Crippen LogP contribution < -0.4 is 11.2 Å². The third-order valence-electron chi connectivity index (χ3n) is 5.70. The highest BCUT2D eigenvalue weighted by atomic mass is 16.6. The number of rotatable bonds is 14. The zero-order valence-corrected chi connectivity index (χ0v) is 23.4. The predicted molar refractivity (Wildman–Crippen MR) is 147 cm³/mol. The van der Waals surface area contributed by atoms with Crippen molar-refractivity contribution < 1.29 is 24.2 Å². The third kappa shape index (κ3) is 12.9. The molecule has 8 heteroatoms. The lowest BCUT2D eigenvalue weighted by Gasteiger charge is -2.32. The standard InChI is InChI=1S/C29H47N3O5/c1-21(2)20-25(26(34)31-32(27(35)22(3)30)18-11-8-12-19-33)24(28(36)37-29(4,5)6)17-13-16-23-14-9-7-10-15-23/h7,9-10,13-16,21-22,24-25,33H,8,11-12,17-20,30H2,1-6H3,(H,31,34)/b16-13+/t22-,24+,25-/m1/s1. The van der Waals surface area contributed by atoms with Crippen molar-refractivity contribution in [1.82, 2.24) is 10.4 Å². The number of carbonyl (C=O) groups is 3. The summed E-state index contributed by atoms with van der Waals surface area (Å²) in [5, 5.41) is 10.3. The van der Waals surface area contributed by atoms with E-state index >= 15 is 0 Å². The maximum absolute atomic E-state index is 13.6. The van der Waals surface area contributed by atoms with Gasteiger partial charge in [-0.1, -0.05) is 56.3 Å². The number of aliphatic hydroxyl groups is 1. The lowest BCUT2D eigenvalue weighted by Crippen LogP contribution is -2.54. The van der Waals surface area contributed by atoms with Crippen LogP contribution in [0.2, 0.25) is 0 Å². The first-order chi connectivity index (χ1) is 17.4. The van der Waals surface area contributed by atoms with E-state index in [0.717, 1.165) is 5.56 Å². The van der Waals surface area contributed by atoms with E-state index in [4.69, 9.17) is 15.6 Å². The van der Waals surface area contributed by atoms with Crippen LogP contribution in [-0.2, 0) is 19.1 Å². The van der Waals surface area contributed by atoms with Crippen molar-refractivity contribution in [1.29, 1.82) is 0 Å². The van der Waals surface area contributed by atoms with Crippen LogP contribution in [-0.4, -0.2) is 52.7 Å². The first kappa shape index (κ1) is 32.3. The number of ether oxygens (including phenoxy) is 1. The Hall–Kier alpha value is -2.71. The second-order valence-electron chi connectivity index (χ2n) is 11.0. The minimum atomic E-state index is -0.794. The molecular weight excluding hydrogens is 470 g/mol. The molecule has 0 fully saturated rings. The average molecular weight is 518 g/mol. The van der Waals surface area contributed by atoms with Gasteiger partial charge in [0.1, 0.15) is 5.60 Å². The minimum Gasteiger partial charge on any atom is -0.460 e. The van der Waals surface area contributed by atoms with Gasteiger partial charge in [-0.05, 0) is 71.3 Å². The normalized spacial score (nSPS) is 14.3. The molecule has 0 saturated carbocycles. The first-order valence-corrected chi connectivity index (χ1v) is 13.3. The Morgan fingerprint density at radius 2 is 1.70 bits per heavy atom. The highest BCUT2D eigenvalue weighted by Gasteiger charge is 2.37. The van der Waals surface area contributed by atoms with Crippen molar-refractivity contribution in [3.05, 3.63) is 42.0 Å². The quantitative estimate of drug-likeness (QED) is 0.194. The number of nitrogens with two attached hydrogens (primary N) is 1. The molecular formula is C29H47N3O5. The predicted octanol–water partition coefficient (Wildman–Crippen LogP) is 4.08. The fraction of sp³-hybridized carbons (Fsp3) is 0.621. The number of benzene rings is 1. The van der Waals surface area contributed by atoms with Gasteiger partial charge in [-0.2, -0.15) is 0 Å². The highest BCUT2D eigenvalue weighted by molar-refractivity contribution is 5.88. The molecule has 0 radical (unpaired) electrons. The summed E-state index contributed by atoms with van der Waals surface area (Å²) in [7, 11) is 0. The van der Waals surface area contributed by atoms with Gasteiger partial charge in [0.15, 0.2) is 0 Å². The molecule has 8 nitrogen and oxygen atoms in total. The second-order valence-corrected chi connectivity index (χ2v) is 11.0. The SMILES string of the molecule is CC(C)C[C@@H](C(=O)NN(CCCCCO)C(=O)[C@@H](C)N)[C@H](C/C=C/c1ccccc1)C(=O)OC(C)(C)C. The Labute approximate surface area is 222 Å². The summed E-state index contributed by atoms with van der Waals surface area (Å²) in [5.41, 5.74) is 8.87. The summed E-state index contributed by atoms with van der Waals surface area (Å²) in [4.78, 5) is 39.7. The Kier molecular flexibility index (Phi) is 14.1. The average Bonchev–Trinajstić information content (AvgIpc) is 2.81. The number of hydrogen-bond acceptors (Lipinski definition) is 6. The van der Waals surface area contributed by atoms with E-state index in [-0.39, 0.29) is 19.1 Å². The van der Waals surface area contributed by atoms with Gasteiger partial charge in [-0.3, -0.25) is 24.8 Å². The zero-order valence-electron chi connectivity index (χ0n) is 23.4. The fourth-order valence-electron chi connectivity index (χ4n) is 3.92. The number of aliphatic hydroxyl groups excluding tert-OH is 1. The van der Waals surface area contributed by atoms with Crippen LogP contribution in [0.3, 0.4) is 0 Å². The van der Waals surface area contributed by atoms with Gasteiger partial charge >= 0.3 is 5.97 Å². The van der Waals surface area contributed by atoms with Crippen LogP contribution in [0.1, 0.15) is 79.2 Å². The molecule has 1 rings (SSSR count). The van der Waals surface area contributed by atoms with Crippen LogP contribution in [0, 0.1) is 17.8 Å². The number of amides is 2. The molecule has 0 aliphatic heterocycles. The topological polar surface area (TPSA) is 122 Å². The van der Waals surface area contributed by atoms with Gasteiger partial charge in [-0.25, -0.2) is 0 Å². The molecule has 0 aliphatic rings. The van der Waals surface area contributed by atoms with E-state index < -0.39 is 41.3 Å². The Balaban J connectivity index is 3.23. The number of allylic oxidation sites excluding steroid dienone is 1. The number of hydrogen-bond donors (Lipinski definition) is 3. The molecule has 0 bridgehead atoms. The van der Waals surface area contributed by atoms with Gasteiger partial charge < -0.3 is 15.6 Å². The number of unbranched alkanes of at least 4 members (excludes halogenated alkanes) is 2. The summed E-state index contributed by atoms with van der Waals surface area (Å²) >= 11 is 0. The number of esters is 1. The monoisotopic (exact) mass is 517 g/mol. The molecule has 3 atom stereocenters. The summed E-state index contributed by atoms with van der Waals surface area (Å²) in [6.07, 6.45) is 6.49. The molecule has 0 heterocycles. The first-order valence-electron chi connectivity index (χ1n) is 13.3. The smallest absolute Gasteiger partial charge is 0.310 e. The molecule has 0 aliphatic carbocycles. The van der Waals surface area contributed by atoms with E-state index in [9.17, 15) is 14.4 Å². The summed E-state index contributed by atoms with van der Waals surface area (Å²) in [6, 6.07) is 8.94. The van der Waals surface area contributed by atoms with E-state index in [2.05, 4.69) is 5.43 Å². The Morgan fingerprint density at radius 3 is 2.24 bits per heavy atom. The minimum absolute atomic E-state index is 0.0676. The van der Waals surface area contributed by atoms with Crippen LogP contribution >= 0.6 is 0 Å². The lowest BCUT2D eigenvalue weighted by molar-refractivity contribution is -0.164. The van der Waals surface area contributed by atoms with E-state index in [1.54, 1.807) is 27.7 Å². The van der Waals surface area contributed by atoms with Crippen LogP contribution in [0.4, 0.5) is 0 Å². The van der Waals surface area contributed by atoms with Crippen molar-refractivity contribution >= 4 is 23.9 Å². The fourth-order valence-corrected chi connectivity index (χ4v) is 3.92. The maximum atomic E-state index is 13.6. The largest absolute Gasteiger partial charge is 0.460 e. The number of nitrogens with one attached hydrogen (secondary N) is 1. The molecule has 4 N–H and O–H groups in total. The van der Waals surface area contributed by atoms with Crippen LogP contribution in [0.5, 0.6) is 0 Å².